The number of amides is 1. The molecular formula is C15H18N4O2S2. The van der Waals surface area contributed by atoms with Gasteiger partial charge in [-0.3, -0.25) is 4.79 Å². The molecule has 0 aliphatic carbocycles. The maximum absolute atomic E-state index is 12.4. The fourth-order valence-electron chi connectivity index (χ4n) is 2.44. The average molecular weight is 350 g/mol. The Morgan fingerprint density at radius 2 is 2.22 bits per heavy atom. The lowest BCUT2D eigenvalue weighted by Gasteiger charge is -2.33. The molecule has 1 atom stereocenters. The van der Waals surface area contributed by atoms with Gasteiger partial charge in [-0.15, -0.1) is 10.2 Å². The van der Waals surface area contributed by atoms with Crippen LogP contribution in [0.4, 0.5) is 5.13 Å². The second-order valence-electron chi connectivity index (χ2n) is 5.22. The first kappa shape index (κ1) is 16.2. The Bertz CT molecular complexity index is 650. The number of ether oxygens (including phenoxy) is 1. The Balaban J connectivity index is 1.50. The van der Waals surface area contributed by atoms with E-state index in [1.54, 1.807) is 0 Å². The number of nitrogens with two attached hydrogens (primary N) is 1. The molecule has 0 spiro atoms. The van der Waals surface area contributed by atoms with Crippen LogP contribution in [0.2, 0.25) is 0 Å². The largest absolute Gasteiger partial charge is 0.374 e. The van der Waals surface area contributed by atoms with Crippen LogP contribution in [0, 0.1) is 0 Å². The molecule has 1 aliphatic rings. The number of rotatable bonds is 5. The molecule has 1 amide bonds. The van der Waals surface area contributed by atoms with Gasteiger partial charge in [0.05, 0.1) is 18.5 Å². The highest BCUT2D eigenvalue weighted by atomic mass is 32.2. The van der Waals surface area contributed by atoms with E-state index < -0.39 is 0 Å². The topological polar surface area (TPSA) is 81.3 Å². The Labute approximate surface area is 143 Å². The van der Waals surface area contributed by atoms with E-state index in [4.69, 9.17) is 10.5 Å². The highest BCUT2D eigenvalue weighted by Gasteiger charge is 2.24. The molecule has 2 N–H and O–H groups in total. The maximum atomic E-state index is 12.4. The summed E-state index contributed by atoms with van der Waals surface area (Å²) in [6, 6.07) is 10.2. The summed E-state index contributed by atoms with van der Waals surface area (Å²) in [7, 11) is 0. The van der Waals surface area contributed by atoms with Crippen molar-refractivity contribution in [3.05, 3.63) is 35.9 Å². The van der Waals surface area contributed by atoms with Gasteiger partial charge in [0.1, 0.15) is 0 Å². The van der Waals surface area contributed by atoms with Crippen LogP contribution in [0.3, 0.4) is 0 Å². The van der Waals surface area contributed by atoms with Crippen LogP contribution in [0.1, 0.15) is 5.56 Å². The molecule has 0 saturated carbocycles. The maximum Gasteiger partial charge on any atom is 0.233 e. The molecule has 2 heterocycles. The molecule has 2 aromatic rings. The summed E-state index contributed by atoms with van der Waals surface area (Å²) in [5.74, 6) is 0.456. The highest BCUT2D eigenvalue weighted by Crippen LogP contribution is 2.24. The SMILES string of the molecule is Nc1nnc(SCC(=O)N2CCO[C@@H](Cc3ccccc3)C2)s1. The van der Waals surface area contributed by atoms with E-state index in [9.17, 15) is 4.79 Å². The number of aromatic nitrogens is 2. The van der Waals surface area contributed by atoms with Gasteiger partial charge in [0.2, 0.25) is 11.0 Å². The quantitative estimate of drug-likeness (QED) is 0.827. The number of anilines is 1. The van der Waals surface area contributed by atoms with Gasteiger partial charge in [-0.1, -0.05) is 53.4 Å². The normalized spacial score (nSPS) is 18.1. The lowest BCUT2D eigenvalue weighted by molar-refractivity contribution is -0.135. The third-order valence-corrected chi connectivity index (χ3v) is 5.41. The molecule has 0 radical (unpaired) electrons. The fraction of sp³-hybridized carbons (Fsp3) is 0.400. The molecule has 1 aromatic heterocycles. The van der Waals surface area contributed by atoms with Crippen LogP contribution >= 0.6 is 23.1 Å². The van der Waals surface area contributed by atoms with Crippen molar-refractivity contribution in [2.24, 2.45) is 0 Å². The monoisotopic (exact) mass is 350 g/mol. The molecule has 1 aliphatic heterocycles. The zero-order chi connectivity index (χ0) is 16.1. The molecule has 0 unspecified atom stereocenters. The van der Waals surface area contributed by atoms with Crippen molar-refractivity contribution < 1.29 is 9.53 Å². The summed E-state index contributed by atoms with van der Waals surface area (Å²) in [5, 5.41) is 8.09. The van der Waals surface area contributed by atoms with E-state index in [2.05, 4.69) is 22.3 Å². The van der Waals surface area contributed by atoms with E-state index in [0.717, 1.165) is 10.8 Å². The van der Waals surface area contributed by atoms with Crippen LogP contribution in [0.5, 0.6) is 0 Å². The molecule has 1 saturated heterocycles. The van der Waals surface area contributed by atoms with Crippen molar-refractivity contribution in [3.63, 3.8) is 0 Å². The van der Waals surface area contributed by atoms with Gasteiger partial charge in [-0.2, -0.15) is 0 Å². The Hall–Kier alpha value is -1.64. The van der Waals surface area contributed by atoms with Crippen LogP contribution in [0.15, 0.2) is 34.7 Å². The minimum atomic E-state index is 0.0530. The first-order valence-electron chi connectivity index (χ1n) is 7.36. The van der Waals surface area contributed by atoms with E-state index in [0.29, 0.717) is 30.6 Å². The number of nitrogen functional groups attached to an aromatic ring is 1. The lowest BCUT2D eigenvalue weighted by Crippen LogP contribution is -2.47. The van der Waals surface area contributed by atoms with Crippen molar-refractivity contribution >= 4 is 34.1 Å². The number of hydrogen-bond donors (Lipinski definition) is 1. The number of nitrogens with zero attached hydrogens (tertiary/aromatic N) is 3. The smallest absolute Gasteiger partial charge is 0.233 e. The zero-order valence-electron chi connectivity index (χ0n) is 12.6. The number of carbonyl (C=O) groups excluding carboxylic acids is 1. The van der Waals surface area contributed by atoms with E-state index in [1.165, 1.54) is 28.7 Å². The average Bonchev–Trinajstić information content (AvgIpc) is 2.99. The summed E-state index contributed by atoms with van der Waals surface area (Å²) in [5.41, 5.74) is 6.77. The number of morpholine rings is 1. The van der Waals surface area contributed by atoms with Gasteiger partial charge in [0.15, 0.2) is 4.34 Å². The molecule has 3 rings (SSSR count). The second-order valence-corrected chi connectivity index (χ2v) is 7.45. The Kier molecular flexibility index (Phi) is 5.47. The molecular weight excluding hydrogens is 332 g/mol. The number of hydrogen-bond acceptors (Lipinski definition) is 7. The Morgan fingerprint density at radius 1 is 1.39 bits per heavy atom. The summed E-state index contributed by atoms with van der Waals surface area (Å²) >= 11 is 2.68. The van der Waals surface area contributed by atoms with Crippen LogP contribution in [0.25, 0.3) is 0 Å². The molecule has 0 bridgehead atoms. The lowest BCUT2D eigenvalue weighted by atomic mass is 10.1. The van der Waals surface area contributed by atoms with Crippen molar-refractivity contribution in [1.82, 2.24) is 15.1 Å². The number of carbonyl (C=O) groups is 1. The van der Waals surface area contributed by atoms with Crippen LogP contribution in [-0.4, -0.2) is 52.6 Å². The second kappa shape index (κ2) is 7.76. The molecule has 6 nitrogen and oxygen atoms in total. The highest BCUT2D eigenvalue weighted by molar-refractivity contribution is 8.01. The molecule has 8 heteroatoms. The summed E-state index contributed by atoms with van der Waals surface area (Å²) in [4.78, 5) is 14.2. The third-order valence-electron chi connectivity index (χ3n) is 3.54. The van der Waals surface area contributed by atoms with E-state index in [-0.39, 0.29) is 12.0 Å². The molecule has 122 valence electrons. The minimum absolute atomic E-state index is 0.0530. The van der Waals surface area contributed by atoms with Crippen LogP contribution in [-0.2, 0) is 16.0 Å². The van der Waals surface area contributed by atoms with Crippen molar-refractivity contribution in [1.29, 1.82) is 0 Å². The van der Waals surface area contributed by atoms with Crippen molar-refractivity contribution in [3.8, 4) is 0 Å². The molecule has 23 heavy (non-hydrogen) atoms. The first-order valence-corrected chi connectivity index (χ1v) is 9.16. The van der Waals surface area contributed by atoms with Gasteiger partial charge in [-0.25, -0.2) is 0 Å². The third kappa shape index (κ3) is 4.66. The first-order chi connectivity index (χ1) is 11.2. The molecule has 1 fully saturated rings. The molecule has 1 aromatic carbocycles. The minimum Gasteiger partial charge on any atom is -0.374 e. The zero-order valence-corrected chi connectivity index (χ0v) is 14.2. The van der Waals surface area contributed by atoms with Gasteiger partial charge in [0, 0.05) is 19.5 Å². The summed E-state index contributed by atoms with van der Waals surface area (Å²) in [6.07, 6.45) is 0.877. The van der Waals surface area contributed by atoms with Gasteiger partial charge in [0.25, 0.3) is 0 Å². The fourth-order valence-corrected chi connectivity index (χ4v) is 3.98. The predicted octanol–water partition coefficient (Wildman–Crippen LogP) is 1.68. The van der Waals surface area contributed by atoms with E-state index >= 15 is 0 Å². The van der Waals surface area contributed by atoms with Crippen LogP contribution < -0.4 is 5.73 Å². The van der Waals surface area contributed by atoms with Gasteiger partial charge in [-0.05, 0) is 5.56 Å². The number of thioether (sulfide) groups is 1. The van der Waals surface area contributed by atoms with Crippen molar-refractivity contribution in [2.75, 3.05) is 31.2 Å². The Morgan fingerprint density at radius 3 is 2.96 bits per heavy atom. The summed E-state index contributed by atoms with van der Waals surface area (Å²) < 4.78 is 6.52. The summed E-state index contributed by atoms with van der Waals surface area (Å²) in [6.45, 7) is 1.86. The van der Waals surface area contributed by atoms with Gasteiger partial charge < -0.3 is 15.4 Å². The standard InChI is InChI=1S/C15H18N4O2S2/c16-14-17-18-15(23-14)22-10-13(20)19-6-7-21-12(9-19)8-11-4-2-1-3-5-11/h1-5,12H,6-10H2,(H2,16,17)/t12-/m0/s1. The van der Waals surface area contributed by atoms with E-state index in [1.807, 2.05) is 23.1 Å². The van der Waals surface area contributed by atoms with Gasteiger partial charge >= 0.3 is 0 Å². The van der Waals surface area contributed by atoms with Crippen molar-refractivity contribution in [2.45, 2.75) is 16.9 Å². The predicted molar refractivity (Wildman–Crippen MR) is 91.5 cm³/mol. The number of benzene rings is 1.